The van der Waals surface area contributed by atoms with Crippen molar-refractivity contribution in [1.82, 2.24) is 0 Å². The van der Waals surface area contributed by atoms with Gasteiger partial charge in [0.25, 0.3) is 0 Å². The summed E-state index contributed by atoms with van der Waals surface area (Å²) >= 11 is 0. The van der Waals surface area contributed by atoms with E-state index >= 15 is 0 Å². The van der Waals surface area contributed by atoms with Crippen molar-refractivity contribution in [2.24, 2.45) is 0 Å². The van der Waals surface area contributed by atoms with Crippen LogP contribution in [0.1, 0.15) is 48.0 Å². The summed E-state index contributed by atoms with van der Waals surface area (Å²) in [5.74, 6) is 0. The zero-order chi connectivity index (χ0) is 10.4. The third kappa shape index (κ3) is 6.24. The van der Waals surface area contributed by atoms with Crippen LogP contribution in [-0.2, 0) is 8.85 Å². The fraction of sp³-hybridized carbons (Fsp3) is 1.00. The van der Waals surface area contributed by atoms with Gasteiger partial charge in [-0.2, -0.15) is 0 Å². The lowest BCUT2D eigenvalue weighted by molar-refractivity contribution is 0.123. The minimum absolute atomic E-state index is 0.279. The van der Waals surface area contributed by atoms with Crippen molar-refractivity contribution in [3.63, 3.8) is 0 Å². The van der Waals surface area contributed by atoms with Gasteiger partial charge in [0, 0.05) is 17.7 Å². The minimum atomic E-state index is -1.07. The number of hydrogen-bond acceptors (Lipinski definition) is 2. The van der Waals surface area contributed by atoms with Gasteiger partial charge in [-0.05, 0) is 27.7 Å². The van der Waals surface area contributed by atoms with Crippen LogP contribution >= 0.6 is 0 Å². The molecule has 2 nitrogen and oxygen atoms in total. The van der Waals surface area contributed by atoms with Gasteiger partial charge in [-0.1, -0.05) is 20.3 Å². The number of rotatable bonds is 6. The lowest BCUT2D eigenvalue weighted by Gasteiger charge is -2.24. The summed E-state index contributed by atoms with van der Waals surface area (Å²) in [7, 11) is -1.07. The Kier molecular flexibility index (Phi) is 6.64. The molecule has 0 N–H and O–H groups in total. The molecule has 3 heteroatoms. The van der Waals surface area contributed by atoms with E-state index in [0.717, 1.165) is 6.42 Å². The Morgan fingerprint density at radius 2 is 1.31 bits per heavy atom. The standard InChI is InChI=1S/C10H23O2Si/c1-7-10(6)13(11-8(2)3)12-9(4)5/h8-10H,7H2,1-6H3. The van der Waals surface area contributed by atoms with Crippen LogP contribution in [0.4, 0.5) is 0 Å². The van der Waals surface area contributed by atoms with E-state index in [0.29, 0.717) is 5.54 Å². The van der Waals surface area contributed by atoms with Crippen LogP contribution in [0.2, 0.25) is 5.54 Å². The zero-order valence-corrected chi connectivity index (χ0v) is 10.8. The van der Waals surface area contributed by atoms with Gasteiger partial charge in [0.15, 0.2) is 0 Å². The summed E-state index contributed by atoms with van der Waals surface area (Å²) in [4.78, 5) is 0. The Morgan fingerprint density at radius 3 is 1.54 bits per heavy atom. The van der Waals surface area contributed by atoms with Gasteiger partial charge in [0.1, 0.15) is 0 Å². The highest BCUT2D eigenvalue weighted by Gasteiger charge is 2.25. The Labute approximate surface area is 84.5 Å². The predicted octanol–water partition coefficient (Wildman–Crippen LogP) is 3.12. The van der Waals surface area contributed by atoms with E-state index in [2.05, 4.69) is 41.5 Å². The summed E-state index contributed by atoms with van der Waals surface area (Å²) in [5, 5.41) is 0. The van der Waals surface area contributed by atoms with Gasteiger partial charge in [0.05, 0.1) is 0 Å². The van der Waals surface area contributed by atoms with Crippen LogP contribution in [0, 0.1) is 0 Å². The van der Waals surface area contributed by atoms with E-state index in [9.17, 15) is 0 Å². The molecule has 13 heavy (non-hydrogen) atoms. The van der Waals surface area contributed by atoms with Crippen molar-refractivity contribution in [3.05, 3.63) is 0 Å². The molecule has 0 aromatic rings. The first-order chi connectivity index (χ1) is 5.97. The Hall–Kier alpha value is 0.137. The Balaban J connectivity index is 4.02. The zero-order valence-electron chi connectivity index (χ0n) is 9.76. The first-order valence-electron chi connectivity index (χ1n) is 5.17. The van der Waals surface area contributed by atoms with Crippen LogP contribution in [0.25, 0.3) is 0 Å². The van der Waals surface area contributed by atoms with Crippen molar-refractivity contribution >= 4 is 9.28 Å². The van der Waals surface area contributed by atoms with Crippen LogP contribution in [-0.4, -0.2) is 21.5 Å². The van der Waals surface area contributed by atoms with Crippen LogP contribution in [0.3, 0.4) is 0 Å². The van der Waals surface area contributed by atoms with Crippen molar-refractivity contribution < 1.29 is 8.85 Å². The van der Waals surface area contributed by atoms with E-state index in [-0.39, 0.29) is 12.2 Å². The topological polar surface area (TPSA) is 18.5 Å². The average molecular weight is 203 g/mol. The molecule has 0 aliphatic rings. The van der Waals surface area contributed by atoms with Crippen molar-refractivity contribution in [1.29, 1.82) is 0 Å². The molecule has 0 saturated heterocycles. The average Bonchev–Trinajstić information content (AvgIpc) is 2.00. The van der Waals surface area contributed by atoms with Gasteiger partial charge >= 0.3 is 9.28 Å². The molecule has 0 aromatic carbocycles. The molecule has 0 aromatic heterocycles. The highest BCUT2D eigenvalue weighted by atomic mass is 28.3. The maximum absolute atomic E-state index is 5.79. The molecule has 0 aliphatic heterocycles. The number of hydrogen-bond donors (Lipinski definition) is 0. The molecule has 1 unspecified atom stereocenters. The highest BCUT2D eigenvalue weighted by molar-refractivity contribution is 6.46. The third-order valence-corrected chi connectivity index (χ3v) is 4.34. The van der Waals surface area contributed by atoms with E-state index in [1.54, 1.807) is 0 Å². The maximum atomic E-state index is 5.79. The first kappa shape index (κ1) is 13.1. The van der Waals surface area contributed by atoms with E-state index in [1.165, 1.54) is 0 Å². The smallest absolute Gasteiger partial charge is 0.388 e. The summed E-state index contributed by atoms with van der Waals surface area (Å²) < 4.78 is 11.6. The summed E-state index contributed by atoms with van der Waals surface area (Å²) in [6, 6.07) is 0. The van der Waals surface area contributed by atoms with Crippen molar-refractivity contribution in [2.45, 2.75) is 65.7 Å². The van der Waals surface area contributed by atoms with Crippen LogP contribution < -0.4 is 0 Å². The molecule has 79 valence electrons. The molecule has 0 fully saturated rings. The molecule has 1 atom stereocenters. The molecule has 0 saturated carbocycles. The third-order valence-electron chi connectivity index (χ3n) is 1.72. The largest absolute Gasteiger partial charge is 0.391 e. The van der Waals surface area contributed by atoms with E-state index < -0.39 is 9.28 Å². The van der Waals surface area contributed by atoms with E-state index in [1.807, 2.05) is 0 Å². The molecular formula is C10H23O2Si. The fourth-order valence-electron chi connectivity index (χ4n) is 0.891. The van der Waals surface area contributed by atoms with Gasteiger partial charge in [0.2, 0.25) is 0 Å². The lowest BCUT2D eigenvalue weighted by Crippen LogP contribution is -2.32. The summed E-state index contributed by atoms with van der Waals surface area (Å²) in [6.45, 7) is 12.7. The lowest BCUT2D eigenvalue weighted by atomic mass is 10.4. The summed E-state index contributed by atoms with van der Waals surface area (Å²) in [5.41, 5.74) is 0.565. The van der Waals surface area contributed by atoms with Crippen molar-refractivity contribution in [3.8, 4) is 0 Å². The molecule has 0 heterocycles. The molecule has 0 aliphatic carbocycles. The quantitative estimate of drug-likeness (QED) is 0.618. The molecule has 0 bridgehead atoms. The van der Waals surface area contributed by atoms with Gasteiger partial charge in [-0.3, -0.25) is 0 Å². The van der Waals surface area contributed by atoms with Crippen LogP contribution in [0.15, 0.2) is 0 Å². The maximum Gasteiger partial charge on any atom is 0.388 e. The molecule has 0 amide bonds. The van der Waals surface area contributed by atoms with Gasteiger partial charge in [-0.25, -0.2) is 0 Å². The van der Waals surface area contributed by atoms with Crippen molar-refractivity contribution in [2.75, 3.05) is 0 Å². The van der Waals surface area contributed by atoms with Gasteiger partial charge in [-0.15, -0.1) is 0 Å². The van der Waals surface area contributed by atoms with Crippen LogP contribution in [0.5, 0.6) is 0 Å². The Morgan fingerprint density at radius 1 is 0.923 bits per heavy atom. The predicted molar refractivity (Wildman–Crippen MR) is 57.9 cm³/mol. The monoisotopic (exact) mass is 203 g/mol. The fourth-order valence-corrected chi connectivity index (χ4v) is 2.67. The normalized spacial score (nSPS) is 14.5. The summed E-state index contributed by atoms with van der Waals surface area (Å²) in [6.07, 6.45) is 1.69. The second-order valence-corrected chi connectivity index (χ2v) is 6.06. The minimum Gasteiger partial charge on any atom is -0.391 e. The second kappa shape index (κ2) is 6.57. The highest BCUT2D eigenvalue weighted by Crippen LogP contribution is 2.18. The molecule has 0 spiro atoms. The second-order valence-electron chi connectivity index (χ2n) is 3.96. The van der Waals surface area contributed by atoms with E-state index in [4.69, 9.17) is 8.85 Å². The Bertz CT molecular complexity index is 116. The molecule has 0 rings (SSSR count). The SMILES string of the molecule is CCC(C)[Si](OC(C)C)OC(C)C. The molecular weight excluding hydrogens is 180 g/mol. The van der Waals surface area contributed by atoms with Gasteiger partial charge < -0.3 is 8.85 Å². The first-order valence-corrected chi connectivity index (χ1v) is 6.56. The molecule has 1 radical (unpaired) electrons.